The van der Waals surface area contributed by atoms with E-state index >= 15 is 0 Å². The molecule has 2 heterocycles. The van der Waals surface area contributed by atoms with Gasteiger partial charge in [-0.25, -0.2) is 0 Å². The van der Waals surface area contributed by atoms with Crippen LogP contribution in [0.25, 0.3) is 10.9 Å². The first-order valence-corrected chi connectivity index (χ1v) is 10.7. The van der Waals surface area contributed by atoms with E-state index in [0.717, 1.165) is 23.0 Å². The minimum Gasteiger partial charge on any atom is -0.490 e. The number of aromatic nitrogens is 1. The van der Waals surface area contributed by atoms with Gasteiger partial charge in [-0.2, -0.15) is 0 Å². The Bertz CT molecular complexity index is 1100. The lowest BCUT2D eigenvalue weighted by molar-refractivity contribution is -0.127. The summed E-state index contributed by atoms with van der Waals surface area (Å²) in [5.41, 5.74) is 2.16. The maximum atomic E-state index is 13.1. The van der Waals surface area contributed by atoms with Crippen LogP contribution >= 0.6 is 0 Å². The molecule has 1 aliphatic heterocycles. The van der Waals surface area contributed by atoms with E-state index in [1.807, 2.05) is 61.2 Å². The molecule has 2 aromatic carbocycles. The predicted octanol–water partition coefficient (Wildman–Crippen LogP) is 5.22. The fraction of sp³-hybridized carbons (Fsp3) is 0.360. The molecule has 0 aliphatic carbocycles. The summed E-state index contributed by atoms with van der Waals surface area (Å²) in [4.78, 5) is 30.9. The van der Waals surface area contributed by atoms with Crippen LogP contribution < -0.4 is 15.0 Å². The monoisotopic (exact) mass is 419 g/mol. The van der Waals surface area contributed by atoms with Crippen molar-refractivity contribution in [3.8, 4) is 5.75 Å². The maximum absolute atomic E-state index is 13.1. The van der Waals surface area contributed by atoms with Crippen LogP contribution in [-0.4, -0.2) is 29.9 Å². The minimum absolute atomic E-state index is 0.0572. The molecular formula is C25H29N3O3. The summed E-state index contributed by atoms with van der Waals surface area (Å²) in [7, 11) is 0. The van der Waals surface area contributed by atoms with E-state index in [2.05, 4.69) is 24.1 Å². The van der Waals surface area contributed by atoms with Gasteiger partial charge < -0.3 is 19.9 Å². The highest BCUT2D eigenvalue weighted by atomic mass is 16.5. The van der Waals surface area contributed by atoms with Crippen LogP contribution in [-0.2, 0) is 4.79 Å². The number of para-hydroxylation sites is 1. The summed E-state index contributed by atoms with van der Waals surface area (Å²) in [6, 6.07) is 15.1. The van der Waals surface area contributed by atoms with Gasteiger partial charge in [0.1, 0.15) is 18.1 Å². The van der Waals surface area contributed by atoms with Crippen LogP contribution in [0.4, 0.5) is 11.4 Å². The van der Waals surface area contributed by atoms with Gasteiger partial charge in [-0.15, -0.1) is 0 Å². The van der Waals surface area contributed by atoms with Gasteiger partial charge >= 0.3 is 0 Å². The lowest BCUT2D eigenvalue weighted by atomic mass is 9.92. The summed E-state index contributed by atoms with van der Waals surface area (Å²) in [6.45, 7) is 9.03. The van der Waals surface area contributed by atoms with Crippen molar-refractivity contribution < 1.29 is 14.3 Å². The molecule has 6 nitrogen and oxygen atoms in total. The Hall–Kier alpha value is -3.28. The Labute approximate surface area is 182 Å². The molecule has 0 bridgehead atoms. The van der Waals surface area contributed by atoms with E-state index in [-0.39, 0.29) is 18.4 Å². The average molecular weight is 420 g/mol. The number of H-pyrrole nitrogens is 1. The van der Waals surface area contributed by atoms with Crippen LogP contribution in [0.5, 0.6) is 5.75 Å². The number of rotatable bonds is 5. The number of benzene rings is 2. The molecular weight excluding hydrogens is 390 g/mol. The highest BCUT2D eigenvalue weighted by Crippen LogP contribution is 2.38. The van der Waals surface area contributed by atoms with Gasteiger partial charge in [0.05, 0.1) is 11.1 Å². The summed E-state index contributed by atoms with van der Waals surface area (Å²) in [6.07, 6.45) is 0.903. The summed E-state index contributed by atoms with van der Waals surface area (Å²) in [5.74, 6) is 0.926. The van der Waals surface area contributed by atoms with E-state index in [1.54, 1.807) is 6.07 Å². The molecule has 0 atom stereocenters. The van der Waals surface area contributed by atoms with Crippen molar-refractivity contribution >= 4 is 34.1 Å². The standard InChI is InChI=1S/C25H29N3O3/c1-16(2)11-12-28-21-10-9-18(14-22(21)31-15-25(3,4)24(28)30)26-23(29)20-13-17-7-5-6-8-19(17)27-20/h5-10,13-14,16,27H,11-12,15H2,1-4H3,(H,26,29). The lowest BCUT2D eigenvalue weighted by Gasteiger charge is -2.28. The molecule has 31 heavy (non-hydrogen) atoms. The predicted molar refractivity (Wildman–Crippen MR) is 124 cm³/mol. The van der Waals surface area contributed by atoms with Gasteiger partial charge in [0, 0.05) is 29.2 Å². The Morgan fingerprint density at radius 3 is 2.71 bits per heavy atom. The number of fused-ring (bicyclic) bond motifs is 2. The molecule has 0 saturated heterocycles. The van der Waals surface area contributed by atoms with Crippen molar-refractivity contribution in [2.45, 2.75) is 34.1 Å². The highest BCUT2D eigenvalue weighted by molar-refractivity contribution is 6.06. The number of amides is 2. The zero-order valence-corrected chi connectivity index (χ0v) is 18.5. The van der Waals surface area contributed by atoms with E-state index in [4.69, 9.17) is 4.74 Å². The first kappa shape index (κ1) is 21.0. The van der Waals surface area contributed by atoms with Gasteiger partial charge in [-0.05, 0) is 50.5 Å². The minimum atomic E-state index is -0.621. The van der Waals surface area contributed by atoms with E-state index in [9.17, 15) is 9.59 Å². The van der Waals surface area contributed by atoms with Crippen molar-refractivity contribution in [2.75, 3.05) is 23.4 Å². The number of nitrogens with one attached hydrogen (secondary N) is 2. The van der Waals surface area contributed by atoms with Gasteiger partial charge in [0.2, 0.25) is 5.91 Å². The van der Waals surface area contributed by atoms with Crippen molar-refractivity contribution in [1.29, 1.82) is 0 Å². The summed E-state index contributed by atoms with van der Waals surface area (Å²) in [5, 5.41) is 3.92. The normalized spacial score (nSPS) is 15.5. The van der Waals surface area contributed by atoms with E-state index in [1.165, 1.54) is 0 Å². The lowest BCUT2D eigenvalue weighted by Crippen LogP contribution is -2.42. The Morgan fingerprint density at radius 2 is 1.97 bits per heavy atom. The fourth-order valence-corrected chi connectivity index (χ4v) is 3.73. The number of hydrogen-bond donors (Lipinski definition) is 2. The van der Waals surface area contributed by atoms with Crippen molar-refractivity contribution in [1.82, 2.24) is 4.98 Å². The number of anilines is 2. The third kappa shape index (κ3) is 4.29. The molecule has 1 aliphatic rings. The maximum Gasteiger partial charge on any atom is 0.272 e. The van der Waals surface area contributed by atoms with Gasteiger partial charge in [-0.1, -0.05) is 32.0 Å². The summed E-state index contributed by atoms with van der Waals surface area (Å²) >= 11 is 0. The molecule has 4 rings (SSSR count). The van der Waals surface area contributed by atoms with Gasteiger partial charge in [0.15, 0.2) is 0 Å². The number of hydrogen-bond acceptors (Lipinski definition) is 3. The second kappa shape index (κ2) is 8.10. The first-order valence-electron chi connectivity index (χ1n) is 10.7. The molecule has 2 N–H and O–H groups in total. The number of carbonyl (C=O) groups is 2. The quantitative estimate of drug-likeness (QED) is 0.596. The van der Waals surface area contributed by atoms with Crippen molar-refractivity contribution in [2.24, 2.45) is 11.3 Å². The van der Waals surface area contributed by atoms with Crippen molar-refractivity contribution in [3.63, 3.8) is 0 Å². The topological polar surface area (TPSA) is 74.4 Å². The third-order valence-electron chi connectivity index (χ3n) is 5.63. The Kier molecular flexibility index (Phi) is 5.48. The van der Waals surface area contributed by atoms with Gasteiger partial charge in [-0.3, -0.25) is 9.59 Å². The fourth-order valence-electron chi connectivity index (χ4n) is 3.73. The number of carbonyl (C=O) groups excluding carboxylic acids is 2. The smallest absolute Gasteiger partial charge is 0.272 e. The van der Waals surface area contributed by atoms with Crippen molar-refractivity contribution in [3.05, 3.63) is 54.2 Å². The number of nitrogens with zero attached hydrogens (tertiary/aromatic N) is 1. The van der Waals surface area contributed by atoms with Crippen LogP contribution in [0.1, 0.15) is 44.6 Å². The molecule has 0 spiro atoms. The highest BCUT2D eigenvalue weighted by Gasteiger charge is 2.37. The average Bonchev–Trinajstić information content (AvgIpc) is 3.14. The van der Waals surface area contributed by atoms with Crippen LogP contribution in [0, 0.1) is 11.3 Å². The van der Waals surface area contributed by atoms with Crippen LogP contribution in [0.2, 0.25) is 0 Å². The molecule has 0 unspecified atom stereocenters. The van der Waals surface area contributed by atoms with Crippen LogP contribution in [0.15, 0.2) is 48.5 Å². The SMILES string of the molecule is CC(C)CCN1C(=O)C(C)(C)COc2cc(NC(=O)c3cc4ccccc4[nH]3)ccc21. The van der Waals surface area contributed by atoms with Gasteiger partial charge in [0.25, 0.3) is 5.91 Å². The molecule has 162 valence electrons. The zero-order chi connectivity index (χ0) is 22.2. The van der Waals surface area contributed by atoms with E-state index < -0.39 is 5.41 Å². The molecule has 2 amide bonds. The molecule has 6 heteroatoms. The number of ether oxygens (including phenoxy) is 1. The second-order valence-corrected chi connectivity index (χ2v) is 9.22. The zero-order valence-electron chi connectivity index (χ0n) is 18.5. The van der Waals surface area contributed by atoms with Crippen LogP contribution in [0.3, 0.4) is 0 Å². The molecule has 0 radical (unpaired) electrons. The summed E-state index contributed by atoms with van der Waals surface area (Å²) < 4.78 is 6.03. The second-order valence-electron chi connectivity index (χ2n) is 9.22. The largest absolute Gasteiger partial charge is 0.490 e. The molecule has 3 aromatic rings. The molecule has 0 saturated carbocycles. The molecule has 0 fully saturated rings. The third-order valence-corrected chi connectivity index (χ3v) is 5.63. The Balaban J connectivity index is 1.60. The number of aromatic amines is 1. The molecule has 1 aromatic heterocycles. The Morgan fingerprint density at radius 1 is 1.19 bits per heavy atom. The van der Waals surface area contributed by atoms with E-state index in [0.29, 0.717) is 29.6 Å². The first-order chi connectivity index (χ1) is 14.7.